The van der Waals surface area contributed by atoms with Gasteiger partial charge in [0.25, 0.3) is 0 Å². The summed E-state index contributed by atoms with van der Waals surface area (Å²) in [5, 5.41) is 0.895. The third-order valence-electron chi connectivity index (χ3n) is 1.57. The molecule has 0 spiro atoms. The molecule has 0 unspecified atom stereocenters. The lowest BCUT2D eigenvalue weighted by Crippen LogP contribution is -1.76. The highest BCUT2D eigenvalue weighted by molar-refractivity contribution is 9.11. The van der Waals surface area contributed by atoms with E-state index in [1.54, 1.807) is 18.3 Å². The highest BCUT2D eigenvalue weighted by Gasteiger charge is 2.02. The van der Waals surface area contributed by atoms with Crippen LogP contribution < -0.4 is 0 Å². The summed E-state index contributed by atoms with van der Waals surface area (Å²) in [5.74, 6) is -0.223. The largest absolute Gasteiger partial charge is 0.243 e. The van der Waals surface area contributed by atoms with E-state index in [0.29, 0.717) is 0 Å². The zero-order chi connectivity index (χ0) is 9.26. The maximum absolute atomic E-state index is 12.6. The Hall–Kier alpha value is -0.740. The smallest absolute Gasteiger partial charge is 0.124 e. The van der Waals surface area contributed by atoms with Crippen molar-refractivity contribution in [3.05, 3.63) is 40.1 Å². The van der Waals surface area contributed by atoms with Crippen LogP contribution in [0, 0.1) is 5.82 Å². The van der Waals surface area contributed by atoms with Gasteiger partial charge in [-0.15, -0.1) is 11.3 Å². The first-order valence-electron chi connectivity index (χ1n) is 3.63. The number of hydrogen-bond acceptors (Lipinski definition) is 2. The second kappa shape index (κ2) is 3.55. The van der Waals surface area contributed by atoms with E-state index >= 15 is 0 Å². The molecule has 0 fully saturated rings. The van der Waals surface area contributed by atoms with Crippen LogP contribution in [-0.4, -0.2) is 4.98 Å². The van der Waals surface area contributed by atoms with E-state index in [9.17, 15) is 4.39 Å². The maximum atomic E-state index is 12.6. The zero-order valence-electron chi connectivity index (χ0n) is 6.50. The van der Waals surface area contributed by atoms with E-state index < -0.39 is 0 Å². The van der Waals surface area contributed by atoms with Crippen LogP contribution in [0.15, 0.2) is 34.2 Å². The first-order chi connectivity index (χ1) is 6.25. The SMILES string of the molecule is Fc1ccc(-c2ncc(Br)s2)cc1. The van der Waals surface area contributed by atoms with Gasteiger partial charge in [0.2, 0.25) is 0 Å². The Morgan fingerprint density at radius 3 is 2.46 bits per heavy atom. The maximum Gasteiger partial charge on any atom is 0.124 e. The topological polar surface area (TPSA) is 12.9 Å². The normalized spacial score (nSPS) is 10.3. The Kier molecular flexibility index (Phi) is 2.42. The van der Waals surface area contributed by atoms with E-state index in [2.05, 4.69) is 20.9 Å². The van der Waals surface area contributed by atoms with Crippen LogP contribution in [0.25, 0.3) is 10.6 Å². The molecule has 0 saturated carbocycles. The van der Waals surface area contributed by atoms with Gasteiger partial charge in [-0.2, -0.15) is 0 Å². The third-order valence-corrected chi connectivity index (χ3v) is 3.09. The van der Waals surface area contributed by atoms with Gasteiger partial charge in [0.15, 0.2) is 0 Å². The molecule has 2 aromatic rings. The summed E-state index contributed by atoms with van der Waals surface area (Å²) in [6, 6.07) is 6.32. The van der Waals surface area contributed by atoms with Crippen molar-refractivity contribution in [3.8, 4) is 10.6 Å². The summed E-state index contributed by atoms with van der Waals surface area (Å²) in [7, 11) is 0. The summed E-state index contributed by atoms with van der Waals surface area (Å²) >= 11 is 4.86. The fraction of sp³-hybridized carbons (Fsp3) is 0. The summed E-state index contributed by atoms with van der Waals surface area (Å²) in [6.45, 7) is 0. The molecular weight excluding hydrogens is 253 g/mol. The number of halogens is 2. The summed E-state index contributed by atoms with van der Waals surface area (Å²) in [4.78, 5) is 4.16. The monoisotopic (exact) mass is 257 g/mol. The number of rotatable bonds is 1. The van der Waals surface area contributed by atoms with Gasteiger partial charge in [-0.1, -0.05) is 0 Å². The van der Waals surface area contributed by atoms with Crippen LogP contribution in [-0.2, 0) is 0 Å². The fourth-order valence-electron chi connectivity index (χ4n) is 0.980. The van der Waals surface area contributed by atoms with Crippen molar-refractivity contribution in [3.63, 3.8) is 0 Å². The molecule has 1 heterocycles. The molecule has 13 heavy (non-hydrogen) atoms. The van der Waals surface area contributed by atoms with Crippen molar-refractivity contribution in [1.82, 2.24) is 4.98 Å². The summed E-state index contributed by atoms with van der Waals surface area (Å²) < 4.78 is 13.6. The lowest BCUT2D eigenvalue weighted by molar-refractivity contribution is 0.628. The lowest BCUT2D eigenvalue weighted by atomic mass is 10.2. The Labute approximate surface area is 87.4 Å². The Morgan fingerprint density at radius 1 is 1.23 bits per heavy atom. The quantitative estimate of drug-likeness (QED) is 0.759. The van der Waals surface area contributed by atoms with Crippen molar-refractivity contribution in [2.75, 3.05) is 0 Å². The molecule has 0 N–H and O–H groups in total. The standard InChI is InChI=1S/C9H5BrFNS/c10-8-5-12-9(13-8)6-1-3-7(11)4-2-6/h1-5H. The predicted octanol–water partition coefficient (Wildman–Crippen LogP) is 3.71. The molecule has 1 aromatic carbocycles. The van der Waals surface area contributed by atoms with Gasteiger partial charge >= 0.3 is 0 Å². The van der Waals surface area contributed by atoms with Gasteiger partial charge < -0.3 is 0 Å². The van der Waals surface area contributed by atoms with Gasteiger partial charge in [0.05, 0.1) is 9.98 Å². The second-order valence-electron chi connectivity index (χ2n) is 2.48. The lowest BCUT2D eigenvalue weighted by Gasteiger charge is -1.93. The van der Waals surface area contributed by atoms with Crippen LogP contribution in [0.2, 0.25) is 0 Å². The fourth-order valence-corrected chi connectivity index (χ4v) is 2.19. The minimum atomic E-state index is -0.223. The van der Waals surface area contributed by atoms with Crippen molar-refractivity contribution in [2.24, 2.45) is 0 Å². The first kappa shape index (κ1) is 8.84. The molecule has 0 aliphatic carbocycles. The molecule has 0 saturated heterocycles. The van der Waals surface area contributed by atoms with E-state index in [1.165, 1.54) is 23.5 Å². The van der Waals surface area contributed by atoms with E-state index in [1.807, 2.05) is 0 Å². The van der Waals surface area contributed by atoms with Gasteiger partial charge in [0.1, 0.15) is 10.8 Å². The van der Waals surface area contributed by atoms with Gasteiger partial charge in [-0.3, -0.25) is 0 Å². The van der Waals surface area contributed by atoms with Crippen LogP contribution >= 0.6 is 27.3 Å². The second-order valence-corrected chi connectivity index (χ2v) is 4.89. The molecule has 1 aromatic heterocycles. The molecule has 1 nitrogen and oxygen atoms in total. The molecule has 2 rings (SSSR count). The van der Waals surface area contributed by atoms with E-state index in [4.69, 9.17) is 0 Å². The van der Waals surface area contributed by atoms with Gasteiger partial charge in [-0.25, -0.2) is 9.37 Å². The van der Waals surface area contributed by atoms with Crippen LogP contribution in [0.1, 0.15) is 0 Å². The zero-order valence-corrected chi connectivity index (χ0v) is 8.90. The number of aromatic nitrogens is 1. The number of benzene rings is 1. The Bertz CT molecular complexity index is 410. The first-order valence-corrected chi connectivity index (χ1v) is 5.24. The molecule has 0 amide bonds. The molecule has 66 valence electrons. The summed E-state index contributed by atoms with van der Waals surface area (Å²) in [5.41, 5.74) is 0.942. The third kappa shape index (κ3) is 1.95. The molecule has 4 heteroatoms. The van der Waals surface area contributed by atoms with Crippen molar-refractivity contribution < 1.29 is 4.39 Å². The molecular formula is C9H5BrFNS. The molecule has 0 aliphatic heterocycles. The molecule has 0 aliphatic rings. The molecule has 0 atom stereocenters. The highest BCUT2D eigenvalue weighted by atomic mass is 79.9. The van der Waals surface area contributed by atoms with Crippen LogP contribution in [0.4, 0.5) is 4.39 Å². The molecule has 0 radical (unpaired) electrons. The van der Waals surface area contributed by atoms with Crippen molar-refractivity contribution in [1.29, 1.82) is 0 Å². The van der Waals surface area contributed by atoms with Crippen molar-refractivity contribution >= 4 is 27.3 Å². The highest BCUT2D eigenvalue weighted by Crippen LogP contribution is 2.28. The Morgan fingerprint density at radius 2 is 1.92 bits per heavy atom. The van der Waals surface area contributed by atoms with Crippen LogP contribution in [0.5, 0.6) is 0 Å². The number of nitrogens with zero attached hydrogens (tertiary/aromatic N) is 1. The van der Waals surface area contributed by atoms with Crippen molar-refractivity contribution in [2.45, 2.75) is 0 Å². The predicted molar refractivity (Wildman–Crippen MR) is 55.2 cm³/mol. The molecule has 0 bridgehead atoms. The summed E-state index contributed by atoms with van der Waals surface area (Å²) in [6.07, 6.45) is 1.74. The van der Waals surface area contributed by atoms with Gasteiger partial charge in [0, 0.05) is 5.56 Å². The Balaban J connectivity index is 2.41. The van der Waals surface area contributed by atoms with Crippen LogP contribution in [0.3, 0.4) is 0 Å². The van der Waals surface area contributed by atoms with Gasteiger partial charge in [-0.05, 0) is 40.2 Å². The number of hydrogen-bond donors (Lipinski definition) is 0. The minimum absolute atomic E-state index is 0.223. The average Bonchev–Trinajstić information content (AvgIpc) is 2.53. The minimum Gasteiger partial charge on any atom is -0.243 e. The van der Waals surface area contributed by atoms with E-state index in [0.717, 1.165) is 14.4 Å². The van der Waals surface area contributed by atoms with E-state index in [-0.39, 0.29) is 5.82 Å². The number of thiazole rings is 1. The average molecular weight is 258 g/mol.